The van der Waals surface area contributed by atoms with Gasteiger partial charge in [-0.25, -0.2) is 17.6 Å². The van der Waals surface area contributed by atoms with Crippen LogP contribution in [0.15, 0.2) is 41.3 Å². The van der Waals surface area contributed by atoms with Crippen molar-refractivity contribution >= 4 is 33.5 Å². The second kappa shape index (κ2) is 10.9. The molecule has 41 heavy (non-hydrogen) atoms. The van der Waals surface area contributed by atoms with Gasteiger partial charge in [-0.1, -0.05) is 0 Å². The lowest BCUT2D eigenvalue weighted by molar-refractivity contribution is -0.242. The fourth-order valence-corrected chi connectivity index (χ4v) is 5.28. The molecule has 2 aromatic rings. The summed E-state index contributed by atoms with van der Waals surface area (Å²) in [7, 11) is -5.01. The number of carbonyl (C=O) groups excluding carboxylic acids is 1. The smallest absolute Gasteiger partial charge is 0.427 e. The first kappa shape index (κ1) is 31.8. The van der Waals surface area contributed by atoms with Crippen molar-refractivity contribution in [3.05, 3.63) is 47.8 Å². The van der Waals surface area contributed by atoms with E-state index in [1.165, 1.54) is 0 Å². The van der Waals surface area contributed by atoms with Crippen LogP contribution in [0.25, 0.3) is 0 Å². The minimum atomic E-state index is -5.26. The number of amides is 1. The monoisotopic (exact) mass is 616 g/mol. The standard InChI is InChI=1S/C24H23F7N2O7S/c1-22(2,24(29,30)31)40-21(37)32-13-3-6-19(34)18(10-13)33(8-7-12-9-15(12)20(35)36)41(38,39)14-4-5-17(25)16(11-14)23(26,27)28/h3-6,10-12,15,34H,7-9H2,1-2H3,(H,32,37)(H,35,36). The first-order valence-corrected chi connectivity index (χ1v) is 13.1. The maximum Gasteiger partial charge on any atom is 0.427 e. The van der Waals surface area contributed by atoms with Crippen LogP contribution in [0.5, 0.6) is 5.75 Å². The summed E-state index contributed by atoms with van der Waals surface area (Å²) in [5.41, 5.74) is -5.80. The predicted molar refractivity (Wildman–Crippen MR) is 128 cm³/mol. The van der Waals surface area contributed by atoms with E-state index in [9.17, 15) is 53.8 Å². The topological polar surface area (TPSA) is 133 Å². The highest BCUT2D eigenvalue weighted by atomic mass is 32.2. The fourth-order valence-electron chi connectivity index (χ4n) is 3.77. The van der Waals surface area contributed by atoms with E-state index in [4.69, 9.17) is 5.11 Å². The van der Waals surface area contributed by atoms with Gasteiger partial charge < -0.3 is 14.9 Å². The highest BCUT2D eigenvalue weighted by Crippen LogP contribution is 2.43. The average molecular weight is 617 g/mol. The SMILES string of the molecule is CC(C)(OC(=O)Nc1ccc(O)c(N(CCC2CC2C(=O)O)S(=O)(=O)c2ccc(F)c(C(F)(F)F)c2)c1)C(F)(F)F. The van der Waals surface area contributed by atoms with Gasteiger partial charge in [-0.3, -0.25) is 14.4 Å². The largest absolute Gasteiger partial charge is 0.506 e. The number of carboxylic acids is 1. The number of aromatic hydroxyl groups is 1. The number of ether oxygens (including phenoxy) is 1. The molecule has 17 heteroatoms. The second-order valence-electron chi connectivity index (χ2n) is 9.67. The first-order valence-electron chi connectivity index (χ1n) is 11.7. The van der Waals surface area contributed by atoms with Gasteiger partial charge in [0.2, 0.25) is 5.60 Å². The van der Waals surface area contributed by atoms with Crippen molar-refractivity contribution in [2.24, 2.45) is 11.8 Å². The quantitative estimate of drug-likeness (QED) is 0.242. The zero-order valence-electron chi connectivity index (χ0n) is 21.2. The first-order chi connectivity index (χ1) is 18.6. The number of hydrogen-bond acceptors (Lipinski definition) is 6. The molecule has 0 aliphatic heterocycles. The number of carbonyl (C=O) groups is 2. The Hall–Kier alpha value is -3.76. The Balaban J connectivity index is 2.01. The minimum Gasteiger partial charge on any atom is -0.506 e. The van der Waals surface area contributed by atoms with Crippen LogP contribution < -0.4 is 9.62 Å². The third kappa shape index (κ3) is 7.12. The third-order valence-electron chi connectivity index (χ3n) is 6.30. The summed E-state index contributed by atoms with van der Waals surface area (Å²) in [5.74, 6) is -4.97. The highest BCUT2D eigenvalue weighted by molar-refractivity contribution is 7.92. The predicted octanol–water partition coefficient (Wildman–Crippen LogP) is 5.75. The van der Waals surface area contributed by atoms with Crippen LogP contribution in [0.1, 0.15) is 32.3 Å². The van der Waals surface area contributed by atoms with Crippen molar-refractivity contribution in [2.75, 3.05) is 16.2 Å². The van der Waals surface area contributed by atoms with Crippen molar-refractivity contribution in [1.82, 2.24) is 0 Å². The Morgan fingerprint density at radius 3 is 2.24 bits per heavy atom. The summed E-state index contributed by atoms with van der Waals surface area (Å²) in [4.78, 5) is 22.3. The zero-order valence-corrected chi connectivity index (χ0v) is 22.0. The number of hydrogen-bond donors (Lipinski definition) is 3. The van der Waals surface area contributed by atoms with Gasteiger partial charge in [0.15, 0.2) is 0 Å². The number of anilines is 2. The molecule has 3 rings (SSSR count). The normalized spacial score (nSPS) is 17.6. The van der Waals surface area contributed by atoms with Crippen molar-refractivity contribution in [1.29, 1.82) is 0 Å². The summed E-state index contributed by atoms with van der Waals surface area (Å²) < 4.78 is 125. The van der Waals surface area contributed by atoms with E-state index in [0.717, 1.165) is 18.2 Å². The van der Waals surface area contributed by atoms with Crippen LogP contribution in [0.2, 0.25) is 0 Å². The number of rotatable bonds is 9. The van der Waals surface area contributed by atoms with E-state index in [2.05, 4.69) is 4.74 Å². The van der Waals surface area contributed by atoms with Crippen LogP contribution in [0.4, 0.5) is 46.9 Å². The molecule has 0 saturated heterocycles. The molecule has 1 aliphatic carbocycles. The van der Waals surface area contributed by atoms with Gasteiger partial charge in [-0.2, -0.15) is 26.3 Å². The van der Waals surface area contributed by atoms with Crippen molar-refractivity contribution < 1.29 is 63.7 Å². The molecule has 0 aromatic heterocycles. The number of phenolic OH excluding ortho intramolecular Hbond substituents is 1. The van der Waals surface area contributed by atoms with Gasteiger partial charge in [0, 0.05) is 12.2 Å². The Labute approximate surface area is 228 Å². The molecular weight excluding hydrogens is 593 g/mol. The molecule has 9 nitrogen and oxygen atoms in total. The number of halogens is 7. The lowest BCUT2D eigenvalue weighted by atomic mass is 10.1. The van der Waals surface area contributed by atoms with Gasteiger partial charge in [-0.15, -0.1) is 0 Å². The summed E-state index contributed by atoms with van der Waals surface area (Å²) in [6.45, 7) is 0.574. The van der Waals surface area contributed by atoms with Gasteiger partial charge in [0.05, 0.1) is 22.1 Å². The second-order valence-corrected chi connectivity index (χ2v) is 11.5. The van der Waals surface area contributed by atoms with E-state index >= 15 is 0 Å². The molecule has 0 bridgehead atoms. The molecule has 226 valence electrons. The van der Waals surface area contributed by atoms with E-state index in [1.807, 2.05) is 5.32 Å². The number of nitrogens with one attached hydrogen (secondary N) is 1. The molecular formula is C24H23F7N2O7S. The molecule has 2 unspecified atom stereocenters. The molecule has 0 spiro atoms. The number of carboxylic acid groups (broad SMARTS) is 1. The summed E-state index contributed by atoms with van der Waals surface area (Å²) in [6.07, 6.45) is -11.8. The maximum atomic E-state index is 13.8. The number of nitrogens with zero attached hydrogens (tertiary/aromatic N) is 1. The lowest BCUT2D eigenvalue weighted by Crippen LogP contribution is -2.44. The molecule has 2 aromatic carbocycles. The van der Waals surface area contributed by atoms with Crippen LogP contribution >= 0.6 is 0 Å². The number of benzene rings is 2. The zero-order chi connectivity index (χ0) is 31.1. The van der Waals surface area contributed by atoms with Gasteiger partial charge in [0.1, 0.15) is 11.6 Å². The maximum absolute atomic E-state index is 13.8. The summed E-state index contributed by atoms with van der Waals surface area (Å²) >= 11 is 0. The molecule has 2 atom stereocenters. The fraction of sp³-hybridized carbons (Fsp3) is 0.417. The minimum absolute atomic E-state index is 0.0462. The van der Waals surface area contributed by atoms with Crippen LogP contribution in [0.3, 0.4) is 0 Å². The van der Waals surface area contributed by atoms with Gasteiger partial charge >= 0.3 is 24.4 Å². The Morgan fingerprint density at radius 2 is 1.71 bits per heavy atom. The van der Waals surface area contributed by atoms with Crippen LogP contribution in [-0.2, 0) is 25.7 Å². The number of alkyl halides is 6. The van der Waals surface area contributed by atoms with Crippen molar-refractivity contribution in [3.8, 4) is 5.75 Å². The molecule has 1 saturated carbocycles. The summed E-state index contributed by atoms with van der Waals surface area (Å²) in [6, 6.07) is 3.53. The van der Waals surface area contributed by atoms with Crippen molar-refractivity contribution in [3.63, 3.8) is 0 Å². The molecule has 3 N–H and O–H groups in total. The molecule has 1 fully saturated rings. The molecule has 1 amide bonds. The number of sulfonamides is 1. The van der Waals surface area contributed by atoms with Crippen LogP contribution in [0, 0.1) is 17.7 Å². The van der Waals surface area contributed by atoms with E-state index in [-0.39, 0.29) is 30.7 Å². The Kier molecular flexibility index (Phi) is 8.45. The lowest BCUT2D eigenvalue weighted by Gasteiger charge is -2.28. The van der Waals surface area contributed by atoms with Gasteiger partial charge in [-0.05, 0) is 69.0 Å². The molecule has 0 heterocycles. The highest BCUT2D eigenvalue weighted by Gasteiger charge is 2.51. The third-order valence-corrected chi connectivity index (χ3v) is 8.10. The number of phenols is 1. The average Bonchev–Trinajstić information content (AvgIpc) is 3.59. The van der Waals surface area contributed by atoms with Gasteiger partial charge in [0.25, 0.3) is 10.0 Å². The number of aliphatic carboxylic acids is 1. The van der Waals surface area contributed by atoms with Crippen molar-refractivity contribution in [2.45, 2.75) is 49.5 Å². The van der Waals surface area contributed by atoms with E-state index in [0.29, 0.717) is 24.2 Å². The van der Waals surface area contributed by atoms with Crippen LogP contribution in [-0.4, -0.2) is 49.0 Å². The Morgan fingerprint density at radius 1 is 1.07 bits per heavy atom. The molecule has 1 aliphatic rings. The van der Waals surface area contributed by atoms with E-state index < -0.39 is 86.1 Å². The Bertz CT molecular complexity index is 1440. The molecule has 0 radical (unpaired) electrons. The van der Waals surface area contributed by atoms with E-state index in [1.54, 1.807) is 0 Å². The summed E-state index contributed by atoms with van der Waals surface area (Å²) in [5, 5.41) is 21.5.